The van der Waals surface area contributed by atoms with Crippen LogP contribution in [-0.2, 0) is 4.74 Å². The van der Waals surface area contributed by atoms with Crippen molar-refractivity contribution < 1.29 is 29.6 Å². The van der Waals surface area contributed by atoms with E-state index in [1.807, 2.05) is 0 Å². The standard InChI is InChI=1S/C11H12O6/c1-6(12)10(15)17-11(16)8-4-2-7(3-5-8)9(13)14/h2-6,10,12,15H,1H3,(H,13,14). The zero-order chi connectivity index (χ0) is 13.0. The largest absolute Gasteiger partial charge is 0.478 e. The molecule has 17 heavy (non-hydrogen) atoms. The fraction of sp³-hybridized carbons (Fsp3) is 0.273. The highest BCUT2D eigenvalue weighted by Gasteiger charge is 2.17. The third-order valence-corrected chi connectivity index (χ3v) is 2.01. The van der Waals surface area contributed by atoms with Crippen LogP contribution in [0.2, 0.25) is 0 Å². The molecule has 0 heterocycles. The Morgan fingerprint density at radius 1 is 1.12 bits per heavy atom. The van der Waals surface area contributed by atoms with Crippen molar-refractivity contribution in [2.75, 3.05) is 0 Å². The summed E-state index contributed by atoms with van der Waals surface area (Å²) in [5, 5.41) is 26.7. The summed E-state index contributed by atoms with van der Waals surface area (Å²) >= 11 is 0. The smallest absolute Gasteiger partial charge is 0.340 e. The summed E-state index contributed by atoms with van der Waals surface area (Å²) < 4.78 is 4.52. The van der Waals surface area contributed by atoms with E-state index in [9.17, 15) is 9.59 Å². The van der Waals surface area contributed by atoms with Crippen molar-refractivity contribution in [2.45, 2.75) is 19.3 Å². The van der Waals surface area contributed by atoms with Crippen LogP contribution in [-0.4, -0.2) is 39.7 Å². The number of ether oxygens (including phenoxy) is 1. The van der Waals surface area contributed by atoms with Crippen molar-refractivity contribution in [3.8, 4) is 0 Å². The van der Waals surface area contributed by atoms with Crippen molar-refractivity contribution >= 4 is 11.9 Å². The van der Waals surface area contributed by atoms with Gasteiger partial charge in [-0.05, 0) is 31.2 Å². The summed E-state index contributed by atoms with van der Waals surface area (Å²) in [4.78, 5) is 22.0. The molecule has 0 aliphatic heterocycles. The summed E-state index contributed by atoms with van der Waals surface area (Å²) in [6.07, 6.45) is -2.81. The Kier molecular flexibility index (Phi) is 4.19. The molecule has 1 aromatic rings. The van der Waals surface area contributed by atoms with E-state index in [2.05, 4.69) is 4.74 Å². The van der Waals surface area contributed by atoms with Crippen LogP contribution in [0.1, 0.15) is 27.6 Å². The average Bonchev–Trinajstić information content (AvgIpc) is 2.28. The summed E-state index contributed by atoms with van der Waals surface area (Å²) in [7, 11) is 0. The van der Waals surface area contributed by atoms with E-state index in [-0.39, 0.29) is 11.1 Å². The van der Waals surface area contributed by atoms with Crippen molar-refractivity contribution in [2.24, 2.45) is 0 Å². The maximum atomic E-state index is 11.4. The number of hydrogen-bond donors (Lipinski definition) is 3. The number of aliphatic hydroxyl groups excluding tert-OH is 2. The number of carboxylic acids is 1. The van der Waals surface area contributed by atoms with Crippen LogP contribution < -0.4 is 0 Å². The number of carbonyl (C=O) groups is 2. The highest BCUT2D eigenvalue weighted by molar-refractivity contribution is 5.92. The third-order valence-electron chi connectivity index (χ3n) is 2.01. The summed E-state index contributed by atoms with van der Waals surface area (Å²) in [5.41, 5.74) is 0.132. The van der Waals surface area contributed by atoms with Crippen molar-refractivity contribution in [1.29, 1.82) is 0 Å². The number of esters is 1. The molecule has 3 N–H and O–H groups in total. The zero-order valence-electron chi connectivity index (χ0n) is 9.03. The van der Waals surface area contributed by atoms with Crippen LogP contribution >= 0.6 is 0 Å². The molecule has 6 heteroatoms. The Bertz CT molecular complexity index is 408. The van der Waals surface area contributed by atoms with E-state index in [4.69, 9.17) is 15.3 Å². The second-order valence-electron chi connectivity index (χ2n) is 3.42. The van der Waals surface area contributed by atoms with Gasteiger partial charge in [-0.15, -0.1) is 0 Å². The minimum Gasteiger partial charge on any atom is -0.478 e. The first kappa shape index (κ1) is 13.1. The molecule has 0 aliphatic rings. The van der Waals surface area contributed by atoms with E-state index in [0.717, 1.165) is 0 Å². The molecule has 0 saturated carbocycles. The van der Waals surface area contributed by atoms with Gasteiger partial charge in [0.15, 0.2) is 0 Å². The Hall–Kier alpha value is -1.92. The van der Waals surface area contributed by atoms with E-state index in [1.54, 1.807) is 0 Å². The van der Waals surface area contributed by atoms with Gasteiger partial charge >= 0.3 is 11.9 Å². The predicted molar refractivity (Wildman–Crippen MR) is 56.5 cm³/mol. The van der Waals surface area contributed by atoms with Gasteiger partial charge in [0.2, 0.25) is 6.29 Å². The van der Waals surface area contributed by atoms with Crippen LogP contribution in [0.15, 0.2) is 24.3 Å². The van der Waals surface area contributed by atoms with Crippen LogP contribution in [0.5, 0.6) is 0 Å². The lowest BCUT2D eigenvalue weighted by molar-refractivity contribution is -0.123. The number of benzene rings is 1. The minimum absolute atomic E-state index is 0.0395. The van der Waals surface area contributed by atoms with Gasteiger partial charge < -0.3 is 20.1 Å². The molecule has 0 saturated heterocycles. The average molecular weight is 240 g/mol. The molecule has 1 aromatic carbocycles. The molecule has 2 unspecified atom stereocenters. The van der Waals surface area contributed by atoms with Gasteiger partial charge in [-0.3, -0.25) is 0 Å². The lowest BCUT2D eigenvalue weighted by atomic mass is 10.1. The molecule has 0 bridgehead atoms. The maximum absolute atomic E-state index is 11.4. The molecule has 0 fully saturated rings. The first-order valence-corrected chi connectivity index (χ1v) is 4.82. The van der Waals surface area contributed by atoms with Crippen molar-refractivity contribution in [3.63, 3.8) is 0 Å². The van der Waals surface area contributed by atoms with Crippen LogP contribution in [0.4, 0.5) is 0 Å². The summed E-state index contributed by atoms with van der Waals surface area (Å²) in [5.74, 6) is -1.94. The second kappa shape index (κ2) is 5.42. The molecular formula is C11H12O6. The van der Waals surface area contributed by atoms with E-state index >= 15 is 0 Å². The number of aliphatic hydroxyl groups is 2. The highest BCUT2D eigenvalue weighted by Crippen LogP contribution is 2.08. The molecule has 0 aromatic heterocycles. The Morgan fingerprint density at radius 2 is 1.59 bits per heavy atom. The van der Waals surface area contributed by atoms with Crippen molar-refractivity contribution in [1.82, 2.24) is 0 Å². The van der Waals surface area contributed by atoms with Gasteiger partial charge in [0, 0.05) is 0 Å². The molecule has 92 valence electrons. The van der Waals surface area contributed by atoms with Gasteiger partial charge in [0.1, 0.15) is 6.10 Å². The topological polar surface area (TPSA) is 104 Å². The van der Waals surface area contributed by atoms with Gasteiger partial charge in [-0.2, -0.15) is 0 Å². The molecule has 0 radical (unpaired) electrons. The number of hydrogen-bond acceptors (Lipinski definition) is 5. The number of rotatable bonds is 4. The Labute approximate surface area is 97.1 Å². The van der Waals surface area contributed by atoms with Gasteiger partial charge in [0.05, 0.1) is 11.1 Å². The molecule has 1 rings (SSSR count). The maximum Gasteiger partial charge on any atom is 0.340 e. The minimum atomic E-state index is -1.61. The fourth-order valence-electron chi connectivity index (χ4n) is 1.03. The monoisotopic (exact) mass is 240 g/mol. The van der Waals surface area contributed by atoms with Gasteiger partial charge in [-0.25, -0.2) is 9.59 Å². The molecule has 2 atom stereocenters. The normalized spacial score (nSPS) is 13.8. The van der Waals surface area contributed by atoms with E-state index in [1.165, 1.54) is 31.2 Å². The lowest BCUT2D eigenvalue weighted by Crippen LogP contribution is -2.28. The first-order valence-electron chi connectivity index (χ1n) is 4.82. The van der Waals surface area contributed by atoms with Gasteiger partial charge in [0.25, 0.3) is 0 Å². The predicted octanol–water partition coefficient (Wildman–Crippen LogP) is 0.241. The van der Waals surface area contributed by atoms with Gasteiger partial charge in [-0.1, -0.05) is 0 Å². The molecule has 0 spiro atoms. The zero-order valence-corrected chi connectivity index (χ0v) is 9.03. The SMILES string of the molecule is CC(O)C(O)OC(=O)c1ccc(C(=O)O)cc1. The number of carbonyl (C=O) groups excluding carboxylic acids is 1. The quantitative estimate of drug-likeness (QED) is 0.514. The van der Waals surface area contributed by atoms with E-state index in [0.29, 0.717) is 0 Å². The lowest BCUT2D eigenvalue weighted by Gasteiger charge is -2.14. The second-order valence-corrected chi connectivity index (χ2v) is 3.42. The highest BCUT2D eigenvalue weighted by atomic mass is 16.6. The molecule has 6 nitrogen and oxygen atoms in total. The Balaban J connectivity index is 2.73. The van der Waals surface area contributed by atoms with E-state index < -0.39 is 24.3 Å². The van der Waals surface area contributed by atoms with Crippen LogP contribution in [0, 0.1) is 0 Å². The number of aromatic carboxylic acids is 1. The van der Waals surface area contributed by atoms with Crippen LogP contribution in [0.3, 0.4) is 0 Å². The summed E-state index contributed by atoms with van der Waals surface area (Å²) in [6.45, 7) is 1.27. The first-order chi connectivity index (χ1) is 7.91. The van der Waals surface area contributed by atoms with Crippen molar-refractivity contribution in [3.05, 3.63) is 35.4 Å². The van der Waals surface area contributed by atoms with Crippen LogP contribution in [0.25, 0.3) is 0 Å². The third kappa shape index (κ3) is 3.54. The fourth-order valence-corrected chi connectivity index (χ4v) is 1.03. The molecule has 0 aliphatic carbocycles. The molecule has 0 amide bonds. The Morgan fingerprint density at radius 3 is 2.00 bits per heavy atom. The molecular weight excluding hydrogens is 228 g/mol. The summed E-state index contributed by atoms with van der Waals surface area (Å²) in [6, 6.07) is 5.02. The number of carboxylic acid groups (broad SMARTS) is 1.